The summed E-state index contributed by atoms with van der Waals surface area (Å²) in [7, 11) is 0. The van der Waals surface area contributed by atoms with E-state index < -0.39 is 0 Å². The number of nitrogens with one attached hydrogen (secondary N) is 1. The summed E-state index contributed by atoms with van der Waals surface area (Å²) in [6.07, 6.45) is 3.86. The third-order valence-corrected chi connectivity index (χ3v) is 4.08. The van der Waals surface area contributed by atoms with Crippen LogP contribution in [0.15, 0.2) is 65.3 Å². The van der Waals surface area contributed by atoms with E-state index in [0.29, 0.717) is 28.9 Å². The van der Waals surface area contributed by atoms with Gasteiger partial charge in [-0.1, -0.05) is 61.3 Å². The van der Waals surface area contributed by atoms with Crippen molar-refractivity contribution < 1.29 is 4.79 Å². The number of halogens is 1. The Labute approximate surface area is 152 Å². The fourth-order valence-corrected chi connectivity index (χ4v) is 2.75. The third-order valence-electron chi connectivity index (χ3n) is 3.84. The van der Waals surface area contributed by atoms with Crippen LogP contribution in [0.5, 0.6) is 0 Å². The SMILES string of the molecule is CCCCN=C1NC(=Cc2ccccc2)C(=O)N1c1cccc(Cl)c1. The zero-order chi connectivity index (χ0) is 17.6. The number of unbranched alkanes of at least 4 members (excludes halogenated alkanes) is 1. The van der Waals surface area contributed by atoms with E-state index in [4.69, 9.17) is 11.6 Å². The molecule has 4 nitrogen and oxygen atoms in total. The Morgan fingerprint density at radius 3 is 2.68 bits per heavy atom. The van der Waals surface area contributed by atoms with Crippen LogP contribution in [0.25, 0.3) is 6.08 Å². The molecule has 0 saturated carbocycles. The number of rotatable bonds is 5. The van der Waals surface area contributed by atoms with E-state index in [0.717, 1.165) is 18.4 Å². The van der Waals surface area contributed by atoms with Gasteiger partial charge in [0, 0.05) is 11.6 Å². The predicted molar refractivity (Wildman–Crippen MR) is 104 cm³/mol. The van der Waals surface area contributed by atoms with Gasteiger partial charge in [-0.3, -0.25) is 9.79 Å². The van der Waals surface area contributed by atoms with Crippen LogP contribution in [0.3, 0.4) is 0 Å². The second-order valence-electron chi connectivity index (χ2n) is 5.77. The smallest absolute Gasteiger partial charge is 0.281 e. The van der Waals surface area contributed by atoms with Gasteiger partial charge < -0.3 is 5.32 Å². The lowest BCUT2D eigenvalue weighted by molar-refractivity contribution is -0.113. The van der Waals surface area contributed by atoms with Crippen LogP contribution in [-0.2, 0) is 4.79 Å². The highest BCUT2D eigenvalue weighted by atomic mass is 35.5. The molecular formula is C20H20ClN3O. The van der Waals surface area contributed by atoms with Gasteiger partial charge in [0.1, 0.15) is 5.70 Å². The zero-order valence-corrected chi connectivity index (χ0v) is 14.8. The molecule has 5 heteroatoms. The maximum Gasteiger partial charge on any atom is 0.281 e. The summed E-state index contributed by atoms with van der Waals surface area (Å²) in [5.74, 6) is 0.407. The molecule has 1 N–H and O–H groups in total. The minimum atomic E-state index is -0.138. The molecule has 0 radical (unpaired) electrons. The Morgan fingerprint density at radius 2 is 1.96 bits per heavy atom. The molecule has 128 valence electrons. The second kappa shape index (κ2) is 7.99. The summed E-state index contributed by atoms with van der Waals surface area (Å²) in [6.45, 7) is 2.78. The molecule has 0 aromatic heterocycles. The molecule has 0 unspecified atom stereocenters. The molecule has 0 aliphatic carbocycles. The summed E-state index contributed by atoms with van der Waals surface area (Å²) in [5, 5.41) is 3.74. The molecule has 0 spiro atoms. The van der Waals surface area contributed by atoms with E-state index in [1.165, 1.54) is 0 Å². The summed E-state index contributed by atoms with van der Waals surface area (Å²) in [6, 6.07) is 17.0. The number of amides is 1. The number of hydrogen-bond acceptors (Lipinski definition) is 2. The summed E-state index contributed by atoms with van der Waals surface area (Å²) in [4.78, 5) is 19.1. The van der Waals surface area contributed by atoms with Crippen molar-refractivity contribution in [2.45, 2.75) is 19.8 Å². The summed E-state index contributed by atoms with van der Waals surface area (Å²) >= 11 is 6.10. The fourth-order valence-electron chi connectivity index (χ4n) is 2.57. The molecule has 25 heavy (non-hydrogen) atoms. The number of aliphatic imine (C=N–C) groups is 1. The van der Waals surface area contributed by atoms with E-state index in [1.54, 1.807) is 17.0 Å². The van der Waals surface area contributed by atoms with E-state index in [-0.39, 0.29) is 5.91 Å². The maximum atomic E-state index is 12.9. The summed E-state index contributed by atoms with van der Waals surface area (Å²) in [5.41, 5.74) is 2.16. The van der Waals surface area contributed by atoms with Crippen molar-refractivity contribution in [3.8, 4) is 0 Å². The predicted octanol–water partition coefficient (Wildman–Crippen LogP) is 4.47. The quantitative estimate of drug-likeness (QED) is 0.636. The maximum absolute atomic E-state index is 12.9. The monoisotopic (exact) mass is 353 g/mol. The first-order valence-corrected chi connectivity index (χ1v) is 8.75. The molecule has 1 saturated heterocycles. The van der Waals surface area contributed by atoms with E-state index in [9.17, 15) is 4.79 Å². The van der Waals surface area contributed by atoms with Crippen molar-refractivity contribution >= 4 is 35.2 Å². The third kappa shape index (κ3) is 4.09. The van der Waals surface area contributed by atoms with Gasteiger partial charge in [0.2, 0.25) is 5.96 Å². The van der Waals surface area contributed by atoms with Crippen LogP contribution in [0.1, 0.15) is 25.3 Å². The highest BCUT2D eigenvalue weighted by Crippen LogP contribution is 2.25. The van der Waals surface area contributed by atoms with Crippen molar-refractivity contribution in [2.75, 3.05) is 11.4 Å². The molecule has 1 aliphatic rings. The lowest BCUT2D eigenvalue weighted by Crippen LogP contribution is -2.32. The van der Waals surface area contributed by atoms with Crippen LogP contribution >= 0.6 is 11.6 Å². The molecule has 1 amide bonds. The molecule has 3 rings (SSSR count). The Balaban J connectivity index is 1.96. The normalized spacial score (nSPS) is 17.4. The van der Waals surface area contributed by atoms with Gasteiger partial charge in [0.15, 0.2) is 0 Å². The first-order chi connectivity index (χ1) is 12.2. The fraction of sp³-hybridized carbons (Fsp3) is 0.200. The van der Waals surface area contributed by atoms with E-state index in [2.05, 4.69) is 17.2 Å². The van der Waals surface area contributed by atoms with E-state index in [1.807, 2.05) is 48.5 Å². The minimum absolute atomic E-state index is 0.138. The molecule has 2 aromatic carbocycles. The second-order valence-corrected chi connectivity index (χ2v) is 6.21. The van der Waals surface area contributed by atoms with Gasteiger partial charge in [-0.05, 0) is 36.3 Å². The number of carbonyl (C=O) groups excluding carboxylic acids is 1. The molecule has 0 bridgehead atoms. The van der Waals surface area contributed by atoms with Crippen LogP contribution in [-0.4, -0.2) is 18.4 Å². The number of nitrogens with zero attached hydrogens (tertiary/aromatic N) is 2. The standard InChI is InChI=1S/C20H20ClN3O/c1-2-3-12-22-20-23-18(13-15-8-5-4-6-9-15)19(25)24(20)17-11-7-10-16(21)14-17/h4-11,13-14H,2-3,12H2,1H3,(H,22,23). The average Bonchev–Trinajstić information content (AvgIpc) is 2.92. The van der Waals surface area contributed by atoms with Crippen LogP contribution in [0, 0.1) is 0 Å². The Hall–Kier alpha value is -2.59. The van der Waals surface area contributed by atoms with Crippen LogP contribution < -0.4 is 10.2 Å². The number of guanidine groups is 1. The van der Waals surface area contributed by atoms with Gasteiger partial charge >= 0.3 is 0 Å². The lowest BCUT2D eigenvalue weighted by atomic mass is 10.2. The Bertz CT molecular complexity index is 815. The molecule has 2 aromatic rings. The highest BCUT2D eigenvalue weighted by molar-refractivity contribution is 6.32. The Kier molecular flexibility index (Phi) is 5.51. The average molecular weight is 354 g/mol. The van der Waals surface area contributed by atoms with Gasteiger partial charge in [0.25, 0.3) is 5.91 Å². The van der Waals surface area contributed by atoms with Gasteiger partial charge in [-0.2, -0.15) is 0 Å². The first kappa shape index (κ1) is 17.2. The highest BCUT2D eigenvalue weighted by Gasteiger charge is 2.33. The Morgan fingerprint density at radius 1 is 1.16 bits per heavy atom. The number of carbonyl (C=O) groups is 1. The minimum Gasteiger partial charge on any atom is -0.321 e. The van der Waals surface area contributed by atoms with Crippen molar-refractivity contribution in [2.24, 2.45) is 4.99 Å². The van der Waals surface area contributed by atoms with Gasteiger partial charge in [-0.25, -0.2) is 4.90 Å². The largest absolute Gasteiger partial charge is 0.321 e. The summed E-state index contributed by atoms with van der Waals surface area (Å²) < 4.78 is 0. The van der Waals surface area contributed by atoms with E-state index >= 15 is 0 Å². The lowest BCUT2D eigenvalue weighted by Gasteiger charge is -2.15. The molecule has 1 fully saturated rings. The number of hydrogen-bond donors (Lipinski definition) is 1. The molecule has 1 aliphatic heterocycles. The zero-order valence-electron chi connectivity index (χ0n) is 14.1. The van der Waals surface area contributed by atoms with Crippen molar-refractivity contribution in [3.63, 3.8) is 0 Å². The number of anilines is 1. The molecule has 1 heterocycles. The van der Waals surface area contributed by atoms with Crippen LogP contribution in [0.4, 0.5) is 5.69 Å². The van der Waals surface area contributed by atoms with Crippen molar-refractivity contribution in [3.05, 3.63) is 70.9 Å². The molecular weight excluding hydrogens is 334 g/mol. The van der Waals surface area contributed by atoms with Crippen molar-refractivity contribution in [1.29, 1.82) is 0 Å². The number of benzene rings is 2. The van der Waals surface area contributed by atoms with Crippen molar-refractivity contribution in [1.82, 2.24) is 5.32 Å². The molecule has 0 atom stereocenters. The van der Waals surface area contributed by atoms with Gasteiger partial charge in [0.05, 0.1) is 5.69 Å². The van der Waals surface area contributed by atoms with Gasteiger partial charge in [-0.15, -0.1) is 0 Å². The first-order valence-electron chi connectivity index (χ1n) is 8.37. The topological polar surface area (TPSA) is 44.7 Å². The van der Waals surface area contributed by atoms with Crippen LogP contribution in [0.2, 0.25) is 5.02 Å².